The summed E-state index contributed by atoms with van der Waals surface area (Å²) in [6.07, 6.45) is 7.38. The molecule has 25 heavy (non-hydrogen) atoms. The molecule has 3 aliphatic carbocycles. The van der Waals surface area contributed by atoms with Gasteiger partial charge in [-0.1, -0.05) is 25.5 Å². The van der Waals surface area contributed by atoms with Gasteiger partial charge in [0.15, 0.2) is 0 Å². The number of hydrogen-bond acceptors (Lipinski definition) is 4. The van der Waals surface area contributed by atoms with E-state index in [0.29, 0.717) is 5.56 Å². The molecule has 2 bridgehead atoms. The largest absolute Gasteiger partial charge is 0.481 e. The molecule has 3 N–H and O–H groups in total. The van der Waals surface area contributed by atoms with E-state index in [9.17, 15) is 19.5 Å². The van der Waals surface area contributed by atoms with Crippen molar-refractivity contribution in [2.45, 2.75) is 32.6 Å². The van der Waals surface area contributed by atoms with Gasteiger partial charge in [0, 0.05) is 10.3 Å². The molecular formula is C18H22N2O4S. The Morgan fingerprint density at radius 2 is 1.84 bits per heavy atom. The van der Waals surface area contributed by atoms with E-state index in [1.807, 2.05) is 18.2 Å². The molecule has 1 aromatic heterocycles. The number of fused-ring (bicyclic) bond motifs is 2. The van der Waals surface area contributed by atoms with E-state index >= 15 is 0 Å². The molecule has 0 aromatic carbocycles. The van der Waals surface area contributed by atoms with Crippen LogP contribution in [-0.4, -0.2) is 22.9 Å². The zero-order chi connectivity index (χ0) is 18.0. The van der Waals surface area contributed by atoms with Crippen LogP contribution in [0.15, 0.2) is 23.6 Å². The Labute approximate surface area is 150 Å². The van der Waals surface area contributed by atoms with Gasteiger partial charge in [0.25, 0.3) is 5.91 Å². The number of rotatable bonds is 5. The van der Waals surface area contributed by atoms with Crippen molar-refractivity contribution in [1.82, 2.24) is 10.9 Å². The summed E-state index contributed by atoms with van der Waals surface area (Å²) >= 11 is 1.52. The van der Waals surface area contributed by atoms with Gasteiger partial charge in [-0.05, 0) is 37.2 Å². The summed E-state index contributed by atoms with van der Waals surface area (Å²) in [6.45, 7) is 2.07. The van der Waals surface area contributed by atoms with Gasteiger partial charge in [0.05, 0.1) is 17.4 Å². The number of carbonyl (C=O) groups excluding carboxylic acids is 2. The average molecular weight is 362 g/mol. The highest BCUT2D eigenvalue weighted by Crippen LogP contribution is 2.44. The maximum absolute atomic E-state index is 12.5. The van der Waals surface area contributed by atoms with E-state index in [1.165, 1.54) is 11.3 Å². The van der Waals surface area contributed by atoms with E-state index in [2.05, 4.69) is 17.8 Å². The summed E-state index contributed by atoms with van der Waals surface area (Å²) in [5.74, 6) is -3.31. The summed E-state index contributed by atoms with van der Waals surface area (Å²) in [5, 5.41) is 11.3. The minimum atomic E-state index is -0.951. The number of amides is 2. The zero-order valence-electron chi connectivity index (χ0n) is 14.0. The quantitative estimate of drug-likeness (QED) is 0.553. The fourth-order valence-electron chi connectivity index (χ4n) is 3.84. The Morgan fingerprint density at radius 1 is 1.16 bits per heavy atom. The van der Waals surface area contributed by atoms with Gasteiger partial charge < -0.3 is 5.11 Å². The molecule has 7 heteroatoms. The fourth-order valence-corrected chi connectivity index (χ4v) is 4.81. The number of allylic oxidation sites excluding steroid dienone is 2. The van der Waals surface area contributed by atoms with Crippen molar-refractivity contribution in [1.29, 1.82) is 0 Å². The van der Waals surface area contributed by atoms with Crippen LogP contribution in [0.4, 0.5) is 0 Å². The highest BCUT2D eigenvalue weighted by atomic mass is 32.1. The molecule has 2 amide bonds. The predicted octanol–water partition coefficient (Wildman–Crippen LogP) is 2.37. The van der Waals surface area contributed by atoms with Gasteiger partial charge in [0.2, 0.25) is 5.91 Å². The van der Waals surface area contributed by atoms with Crippen molar-refractivity contribution in [3.05, 3.63) is 34.0 Å². The second-order valence-corrected chi connectivity index (χ2v) is 7.67. The number of carboxylic acid groups (broad SMARTS) is 1. The van der Waals surface area contributed by atoms with Crippen molar-refractivity contribution >= 4 is 29.1 Å². The van der Waals surface area contributed by atoms with Crippen molar-refractivity contribution in [3.63, 3.8) is 0 Å². The van der Waals surface area contributed by atoms with Crippen LogP contribution < -0.4 is 10.9 Å². The topological polar surface area (TPSA) is 95.5 Å². The third-order valence-electron chi connectivity index (χ3n) is 5.05. The average Bonchev–Trinajstić information content (AvgIpc) is 3.08. The number of thiophene rings is 1. The van der Waals surface area contributed by atoms with E-state index in [4.69, 9.17) is 0 Å². The number of hydrogen-bond donors (Lipinski definition) is 3. The summed E-state index contributed by atoms with van der Waals surface area (Å²) in [5.41, 5.74) is 5.36. The molecule has 1 fully saturated rings. The van der Waals surface area contributed by atoms with Gasteiger partial charge in [-0.2, -0.15) is 0 Å². The molecule has 1 saturated carbocycles. The smallest absolute Gasteiger partial charge is 0.307 e. The lowest BCUT2D eigenvalue weighted by Crippen LogP contribution is -2.53. The molecule has 0 saturated heterocycles. The van der Waals surface area contributed by atoms with Gasteiger partial charge in [0.1, 0.15) is 0 Å². The first-order valence-electron chi connectivity index (χ1n) is 8.60. The molecule has 4 rings (SSSR count). The summed E-state index contributed by atoms with van der Waals surface area (Å²) in [4.78, 5) is 37.4. The van der Waals surface area contributed by atoms with E-state index in [1.54, 1.807) is 5.38 Å². The Hall–Kier alpha value is -2.15. The van der Waals surface area contributed by atoms with E-state index in [-0.39, 0.29) is 17.7 Å². The first kappa shape index (κ1) is 17.7. The fraction of sp³-hybridized carbons (Fsp3) is 0.500. The number of aliphatic carboxylic acids is 1. The number of hydrazine groups is 1. The number of nitrogens with one attached hydrogen (secondary N) is 2. The lowest BCUT2D eigenvalue weighted by molar-refractivity contribution is -0.153. The van der Waals surface area contributed by atoms with Gasteiger partial charge >= 0.3 is 5.97 Å². The Kier molecular flexibility index (Phi) is 5.22. The van der Waals surface area contributed by atoms with Crippen LogP contribution in [0.5, 0.6) is 0 Å². The summed E-state index contributed by atoms with van der Waals surface area (Å²) in [6, 6.07) is 1.82. The van der Waals surface area contributed by atoms with Gasteiger partial charge in [-0.25, -0.2) is 0 Å². The Morgan fingerprint density at radius 3 is 2.44 bits per heavy atom. The van der Waals surface area contributed by atoms with Crippen molar-refractivity contribution in [2.24, 2.45) is 23.7 Å². The minimum Gasteiger partial charge on any atom is -0.481 e. The lowest BCUT2D eigenvalue weighted by atomic mass is 9.62. The molecule has 1 heterocycles. The second-order valence-electron chi connectivity index (χ2n) is 6.67. The summed E-state index contributed by atoms with van der Waals surface area (Å²) < 4.78 is 0. The highest BCUT2D eigenvalue weighted by molar-refractivity contribution is 7.10. The Bertz CT molecular complexity index is 712. The molecule has 4 atom stereocenters. The van der Waals surface area contributed by atoms with E-state index < -0.39 is 23.7 Å². The van der Waals surface area contributed by atoms with Crippen LogP contribution in [0, 0.1) is 23.7 Å². The van der Waals surface area contributed by atoms with E-state index in [0.717, 1.165) is 30.6 Å². The lowest BCUT2D eigenvalue weighted by Gasteiger charge is -2.41. The number of carboxylic acids is 1. The number of aryl methyl sites for hydroxylation is 1. The van der Waals surface area contributed by atoms with Crippen LogP contribution in [-0.2, 0) is 16.0 Å². The predicted molar refractivity (Wildman–Crippen MR) is 93.9 cm³/mol. The van der Waals surface area contributed by atoms with Gasteiger partial charge in [-0.3, -0.25) is 25.2 Å². The summed E-state index contributed by atoms with van der Waals surface area (Å²) in [7, 11) is 0. The molecule has 0 aliphatic heterocycles. The molecule has 1 aromatic rings. The maximum atomic E-state index is 12.5. The van der Waals surface area contributed by atoms with Crippen molar-refractivity contribution < 1.29 is 19.5 Å². The van der Waals surface area contributed by atoms with Crippen LogP contribution in [0.3, 0.4) is 0 Å². The maximum Gasteiger partial charge on any atom is 0.307 e. The molecule has 6 nitrogen and oxygen atoms in total. The van der Waals surface area contributed by atoms with Crippen LogP contribution in [0.1, 0.15) is 41.4 Å². The standard InChI is InChI=1S/C18H22N2O4S/c1-2-3-13-8-12(9-25-13)16(21)19-20-17(22)14-10-4-6-11(7-5-10)15(14)18(23)24/h4,6,8-11,14-15H,2-3,5,7H2,1H3,(H,19,21)(H,20,22)(H,23,24). The molecular weight excluding hydrogens is 340 g/mol. The normalized spacial score (nSPS) is 27.1. The van der Waals surface area contributed by atoms with Crippen LogP contribution in [0.2, 0.25) is 0 Å². The molecule has 134 valence electrons. The monoisotopic (exact) mass is 362 g/mol. The van der Waals surface area contributed by atoms with Crippen LogP contribution in [0.25, 0.3) is 0 Å². The molecule has 0 spiro atoms. The van der Waals surface area contributed by atoms with Crippen LogP contribution >= 0.6 is 11.3 Å². The number of carbonyl (C=O) groups is 3. The SMILES string of the molecule is CCCc1cc(C(=O)NNC(=O)C2C3C=CC(CC3)C2C(=O)O)cs1. The molecule has 4 unspecified atom stereocenters. The molecule has 0 radical (unpaired) electrons. The third kappa shape index (κ3) is 3.61. The zero-order valence-corrected chi connectivity index (χ0v) is 14.8. The van der Waals surface area contributed by atoms with Gasteiger partial charge in [-0.15, -0.1) is 11.3 Å². The third-order valence-corrected chi connectivity index (χ3v) is 6.04. The van der Waals surface area contributed by atoms with Crippen molar-refractivity contribution in [2.75, 3.05) is 0 Å². The second kappa shape index (κ2) is 7.39. The Balaban J connectivity index is 1.62. The highest BCUT2D eigenvalue weighted by Gasteiger charge is 2.48. The minimum absolute atomic E-state index is 0.0830. The molecule has 3 aliphatic rings. The van der Waals surface area contributed by atoms with Crippen molar-refractivity contribution in [3.8, 4) is 0 Å². The first-order valence-corrected chi connectivity index (χ1v) is 9.48. The first-order chi connectivity index (χ1) is 12.0.